The molecule has 1 atom stereocenters. The number of hydrogen-bond donors (Lipinski definition) is 2. The summed E-state index contributed by atoms with van der Waals surface area (Å²) in [6, 6.07) is 11.7. The van der Waals surface area contributed by atoms with Crippen LogP contribution in [0.25, 0.3) is 10.9 Å². The summed E-state index contributed by atoms with van der Waals surface area (Å²) in [4.78, 5) is 33.9. The lowest BCUT2D eigenvalue weighted by atomic mass is 10.2. The van der Waals surface area contributed by atoms with Gasteiger partial charge in [-0.2, -0.15) is 16.5 Å². The Morgan fingerprint density at radius 3 is 2.59 bits per heavy atom. The zero-order valence-corrected chi connectivity index (χ0v) is 19.9. The highest BCUT2D eigenvalue weighted by molar-refractivity contribution is 7.98. The van der Waals surface area contributed by atoms with Crippen LogP contribution < -0.4 is 10.3 Å². The highest BCUT2D eigenvalue weighted by Crippen LogP contribution is 2.16. The summed E-state index contributed by atoms with van der Waals surface area (Å²) in [5.41, 5.74) is 0.225. The van der Waals surface area contributed by atoms with E-state index < -0.39 is 22.0 Å². The van der Waals surface area contributed by atoms with E-state index in [2.05, 4.69) is 14.7 Å². The first kappa shape index (κ1) is 24.2. The quantitative estimate of drug-likeness (QED) is 0.473. The second-order valence-electron chi connectivity index (χ2n) is 7.13. The molecule has 3 aromatic rings. The molecule has 0 spiro atoms. The standard InChI is InChI=1S/C21H23ClN4O4S2/c1-26(13-19-23-17-6-4-3-5-16(17)20(27)24-19)21(28)18(11-12-31-2)25-32(29,30)15-9-7-14(22)8-10-15/h3-10,18,25H,11-13H2,1-2H3,(H,23,24,27). The maximum absolute atomic E-state index is 13.1. The van der Waals surface area contributed by atoms with E-state index in [1.165, 1.54) is 40.9 Å². The van der Waals surface area contributed by atoms with Crippen molar-refractivity contribution in [3.05, 3.63) is 69.7 Å². The Morgan fingerprint density at radius 2 is 1.91 bits per heavy atom. The molecule has 11 heteroatoms. The molecule has 0 fully saturated rings. The van der Waals surface area contributed by atoms with Gasteiger partial charge in [-0.3, -0.25) is 9.59 Å². The SMILES string of the molecule is CSCCC(NS(=O)(=O)c1ccc(Cl)cc1)C(=O)N(C)Cc1nc2ccccc2c(=O)[nH]1. The monoisotopic (exact) mass is 494 g/mol. The van der Waals surface area contributed by atoms with Gasteiger partial charge >= 0.3 is 0 Å². The van der Waals surface area contributed by atoms with Gasteiger partial charge in [-0.25, -0.2) is 13.4 Å². The van der Waals surface area contributed by atoms with E-state index in [1.54, 1.807) is 31.3 Å². The van der Waals surface area contributed by atoms with Gasteiger partial charge < -0.3 is 9.88 Å². The number of benzene rings is 2. The summed E-state index contributed by atoms with van der Waals surface area (Å²) in [7, 11) is -2.39. The third-order valence-electron chi connectivity index (χ3n) is 4.76. The number of sulfonamides is 1. The van der Waals surface area contributed by atoms with E-state index in [-0.39, 0.29) is 17.0 Å². The number of likely N-dealkylation sites (N-methyl/N-ethyl adjacent to an activating group) is 1. The Bertz CT molecular complexity index is 1260. The smallest absolute Gasteiger partial charge is 0.258 e. The van der Waals surface area contributed by atoms with Crippen LogP contribution in [0.15, 0.2) is 58.2 Å². The second-order valence-corrected chi connectivity index (χ2v) is 10.3. The topological polar surface area (TPSA) is 112 Å². The van der Waals surface area contributed by atoms with Crippen LogP contribution in [-0.4, -0.2) is 54.3 Å². The first-order valence-corrected chi connectivity index (χ1v) is 13.0. The minimum absolute atomic E-state index is 0.0204. The molecule has 0 aliphatic heterocycles. The molecular weight excluding hydrogens is 472 g/mol. The lowest BCUT2D eigenvalue weighted by molar-refractivity contribution is -0.132. The Morgan fingerprint density at radius 1 is 1.22 bits per heavy atom. The lowest BCUT2D eigenvalue weighted by Crippen LogP contribution is -2.47. The number of halogens is 1. The fraction of sp³-hybridized carbons (Fsp3) is 0.286. The number of H-pyrrole nitrogens is 1. The highest BCUT2D eigenvalue weighted by Gasteiger charge is 2.28. The van der Waals surface area contributed by atoms with Crippen LogP contribution in [0.3, 0.4) is 0 Å². The molecule has 2 N–H and O–H groups in total. The Labute approximate surface area is 195 Å². The number of amides is 1. The second kappa shape index (κ2) is 10.5. The molecule has 170 valence electrons. The first-order chi connectivity index (χ1) is 15.2. The molecule has 0 bridgehead atoms. The fourth-order valence-corrected chi connectivity index (χ4v) is 4.94. The molecule has 1 aromatic heterocycles. The van der Waals surface area contributed by atoms with Crippen LogP contribution in [0.5, 0.6) is 0 Å². The van der Waals surface area contributed by atoms with Gasteiger partial charge in [-0.05, 0) is 54.8 Å². The third-order valence-corrected chi connectivity index (χ3v) is 7.14. The molecule has 2 aromatic carbocycles. The summed E-state index contributed by atoms with van der Waals surface area (Å²) >= 11 is 7.35. The number of nitrogens with zero attached hydrogens (tertiary/aromatic N) is 2. The molecule has 1 heterocycles. The van der Waals surface area contributed by atoms with Crippen molar-refractivity contribution in [2.45, 2.75) is 23.9 Å². The average molecular weight is 495 g/mol. The number of aromatic nitrogens is 2. The van der Waals surface area contributed by atoms with Crippen LogP contribution in [0.2, 0.25) is 5.02 Å². The van der Waals surface area contributed by atoms with Crippen LogP contribution >= 0.6 is 23.4 Å². The average Bonchev–Trinajstić information content (AvgIpc) is 2.76. The maximum atomic E-state index is 13.1. The number of nitrogens with one attached hydrogen (secondary N) is 2. The van der Waals surface area contributed by atoms with Gasteiger partial charge in [0.2, 0.25) is 15.9 Å². The zero-order valence-electron chi connectivity index (χ0n) is 17.5. The predicted octanol–water partition coefficient (Wildman–Crippen LogP) is 2.64. The lowest BCUT2D eigenvalue weighted by Gasteiger charge is -2.24. The molecule has 0 radical (unpaired) electrons. The minimum Gasteiger partial charge on any atom is -0.337 e. The molecular formula is C21H23ClN4O4S2. The normalized spacial score (nSPS) is 12.6. The number of aromatic amines is 1. The van der Waals surface area contributed by atoms with Crippen LogP contribution in [0.1, 0.15) is 12.2 Å². The van der Waals surface area contributed by atoms with E-state index in [0.717, 1.165) is 0 Å². The largest absolute Gasteiger partial charge is 0.337 e. The van der Waals surface area contributed by atoms with Crippen molar-refractivity contribution < 1.29 is 13.2 Å². The van der Waals surface area contributed by atoms with Gasteiger partial charge in [0, 0.05) is 12.1 Å². The van der Waals surface area contributed by atoms with Gasteiger partial charge in [0.15, 0.2) is 0 Å². The summed E-state index contributed by atoms with van der Waals surface area (Å²) in [5.74, 6) is 0.472. The van der Waals surface area contributed by atoms with Gasteiger partial charge in [-0.15, -0.1) is 0 Å². The molecule has 0 saturated carbocycles. The predicted molar refractivity (Wildman–Crippen MR) is 127 cm³/mol. The Hall–Kier alpha value is -2.40. The van der Waals surface area contributed by atoms with Gasteiger partial charge in [0.05, 0.1) is 22.3 Å². The van der Waals surface area contributed by atoms with Gasteiger partial charge in [0.1, 0.15) is 11.9 Å². The van der Waals surface area contributed by atoms with Gasteiger partial charge in [-0.1, -0.05) is 23.7 Å². The number of rotatable bonds is 9. The van der Waals surface area contributed by atoms with E-state index in [1.807, 2.05) is 6.26 Å². The van der Waals surface area contributed by atoms with Gasteiger partial charge in [0.25, 0.3) is 5.56 Å². The summed E-state index contributed by atoms with van der Waals surface area (Å²) < 4.78 is 28.1. The Kier molecular flexibility index (Phi) is 7.94. The first-order valence-electron chi connectivity index (χ1n) is 9.71. The van der Waals surface area contributed by atoms with Crippen LogP contribution in [0, 0.1) is 0 Å². The maximum Gasteiger partial charge on any atom is 0.258 e. The summed E-state index contributed by atoms with van der Waals surface area (Å²) in [6.45, 7) is 0.0251. The molecule has 1 amide bonds. The molecule has 0 aliphatic carbocycles. The van der Waals surface area contributed by atoms with Crippen molar-refractivity contribution in [2.24, 2.45) is 0 Å². The van der Waals surface area contributed by atoms with Crippen molar-refractivity contribution in [1.82, 2.24) is 19.6 Å². The molecule has 8 nitrogen and oxygen atoms in total. The Balaban J connectivity index is 1.80. The number of para-hydroxylation sites is 1. The zero-order chi connectivity index (χ0) is 23.3. The van der Waals surface area contributed by atoms with Crippen LogP contribution in [-0.2, 0) is 21.4 Å². The minimum atomic E-state index is -3.93. The molecule has 0 saturated heterocycles. The third kappa shape index (κ3) is 5.89. The van der Waals surface area contributed by atoms with Crippen molar-refractivity contribution >= 4 is 50.2 Å². The molecule has 1 unspecified atom stereocenters. The van der Waals surface area contributed by atoms with Crippen molar-refractivity contribution in [3.63, 3.8) is 0 Å². The van der Waals surface area contributed by atoms with E-state index in [0.29, 0.717) is 33.9 Å². The summed E-state index contributed by atoms with van der Waals surface area (Å²) in [6.07, 6.45) is 2.18. The van der Waals surface area contributed by atoms with E-state index in [4.69, 9.17) is 11.6 Å². The molecule has 0 aliphatic rings. The van der Waals surface area contributed by atoms with Crippen molar-refractivity contribution in [1.29, 1.82) is 0 Å². The molecule has 3 rings (SSSR count). The summed E-state index contributed by atoms with van der Waals surface area (Å²) in [5, 5.41) is 0.870. The molecule has 32 heavy (non-hydrogen) atoms. The number of fused-ring (bicyclic) bond motifs is 1. The number of carbonyl (C=O) groups is 1. The van der Waals surface area contributed by atoms with Crippen molar-refractivity contribution in [2.75, 3.05) is 19.1 Å². The fourth-order valence-electron chi connectivity index (χ4n) is 3.12. The van der Waals surface area contributed by atoms with E-state index in [9.17, 15) is 18.0 Å². The van der Waals surface area contributed by atoms with Crippen molar-refractivity contribution in [3.8, 4) is 0 Å². The highest BCUT2D eigenvalue weighted by atomic mass is 35.5. The van der Waals surface area contributed by atoms with Crippen LogP contribution in [0.4, 0.5) is 0 Å². The number of thioether (sulfide) groups is 1. The van der Waals surface area contributed by atoms with E-state index >= 15 is 0 Å². The number of carbonyl (C=O) groups excluding carboxylic acids is 1. The number of hydrogen-bond acceptors (Lipinski definition) is 6.